The monoisotopic (exact) mass is 431 g/mol. The summed E-state index contributed by atoms with van der Waals surface area (Å²) < 4.78 is 17.3. The third kappa shape index (κ3) is 3.72. The molecule has 0 aliphatic carbocycles. The Kier molecular flexibility index (Phi) is 5.01. The highest BCUT2D eigenvalue weighted by Crippen LogP contribution is 2.32. The molecule has 164 valence electrons. The summed E-state index contributed by atoms with van der Waals surface area (Å²) in [6.07, 6.45) is 1.95. The van der Waals surface area contributed by atoms with E-state index in [0.29, 0.717) is 26.4 Å². The number of furan rings is 1. The van der Waals surface area contributed by atoms with Crippen molar-refractivity contribution in [2.24, 2.45) is 0 Å². The maximum atomic E-state index is 6.28. The zero-order chi connectivity index (χ0) is 21.3. The standard InChI is InChI=1S/C24H25N5O3/c1-2-19-17(5-6-25-19)15-18(1)21-3-4-22(32-21)20-16-23(28-7-11-30-12-8-28)27-24(26-20)29-9-13-31-14-10-29/h1-6,15-16,25H,7-14H2. The number of hydrogen-bond acceptors (Lipinski definition) is 7. The summed E-state index contributed by atoms with van der Waals surface area (Å²) in [4.78, 5) is 17.4. The van der Waals surface area contributed by atoms with E-state index in [0.717, 1.165) is 71.6 Å². The number of H-pyrrole nitrogens is 1. The van der Waals surface area contributed by atoms with E-state index >= 15 is 0 Å². The minimum Gasteiger partial charge on any atom is -0.454 e. The maximum Gasteiger partial charge on any atom is 0.228 e. The Bertz CT molecular complexity index is 1190. The van der Waals surface area contributed by atoms with Gasteiger partial charge in [-0.2, -0.15) is 4.98 Å². The Morgan fingerprint density at radius 3 is 2.31 bits per heavy atom. The molecule has 2 fully saturated rings. The smallest absolute Gasteiger partial charge is 0.228 e. The van der Waals surface area contributed by atoms with Crippen LogP contribution in [-0.4, -0.2) is 67.6 Å². The summed E-state index contributed by atoms with van der Waals surface area (Å²) in [6, 6.07) is 14.4. The number of nitrogens with one attached hydrogen (secondary N) is 1. The molecule has 2 aliphatic heterocycles. The van der Waals surface area contributed by atoms with Crippen molar-refractivity contribution in [1.29, 1.82) is 0 Å². The lowest BCUT2D eigenvalue weighted by Crippen LogP contribution is -2.39. The molecule has 8 nitrogen and oxygen atoms in total. The molecule has 0 unspecified atom stereocenters. The minimum atomic E-state index is 0.688. The predicted molar refractivity (Wildman–Crippen MR) is 123 cm³/mol. The highest BCUT2D eigenvalue weighted by molar-refractivity contribution is 5.84. The van der Waals surface area contributed by atoms with Crippen molar-refractivity contribution in [2.75, 3.05) is 62.4 Å². The van der Waals surface area contributed by atoms with Crippen LogP contribution in [0, 0.1) is 0 Å². The van der Waals surface area contributed by atoms with Gasteiger partial charge in [0.1, 0.15) is 17.3 Å². The molecule has 0 saturated carbocycles. The van der Waals surface area contributed by atoms with Crippen LogP contribution in [0.3, 0.4) is 0 Å². The van der Waals surface area contributed by atoms with E-state index in [2.05, 4.69) is 39.0 Å². The van der Waals surface area contributed by atoms with Gasteiger partial charge in [-0.3, -0.25) is 0 Å². The molecule has 0 radical (unpaired) electrons. The number of benzene rings is 1. The normalized spacial score (nSPS) is 17.2. The summed E-state index contributed by atoms with van der Waals surface area (Å²) >= 11 is 0. The van der Waals surface area contributed by atoms with Crippen molar-refractivity contribution < 1.29 is 13.9 Å². The Balaban J connectivity index is 1.37. The lowest BCUT2D eigenvalue weighted by molar-refractivity contribution is 0.121. The number of hydrogen-bond donors (Lipinski definition) is 1. The molecule has 2 saturated heterocycles. The molecular formula is C24H25N5O3. The third-order valence-corrected chi connectivity index (χ3v) is 6.03. The van der Waals surface area contributed by atoms with Crippen LogP contribution < -0.4 is 9.80 Å². The van der Waals surface area contributed by atoms with Gasteiger partial charge in [0.2, 0.25) is 5.95 Å². The Hall–Kier alpha value is -3.36. The number of fused-ring (bicyclic) bond motifs is 1. The molecule has 5 heterocycles. The van der Waals surface area contributed by atoms with Crippen molar-refractivity contribution >= 4 is 22.7 Å². The first kappa shape index (κ1) is 19.3. The van der Waals surface area contributed by atoms with Gasteiger partial charge in [-0.15, -0.1) is 0 Å². The van der Waals surface area contributed by atoms with Gasteiger partial charge in [-0.05, 0) is 36.4 Å². The number of aromatic amines is 1. The van der Waals surface area contributed by atoms with E-state index in [1.807, 2.05) is 24.4 Å². The highest BCUT2D eigenvalue weighted by atomic mass is 16.5. The number of aromatic nitrogens is 3. The van der Waals surface area contributed by atoms with Gasteiger partial charge in [0.05, 0.1) is 26.4 Å². The average molecular weight is 431 g/mol. The van der Waals surface area contributed by atoms with Crippen LogP contribution in [0.25, 0.3) is 33.7 Å². The predicted octanol–water partition coefficient (Wildman–Crippen LogP) is 3.56. The van der Waals surface area contributed by atoms with Crippen LogP contribution in [0.1, 0.15) is 0 Å². The first-order chi connectivity index (χ1) is 15.8. The molecule has 3 aromatic heterocycles. The molecule has 2 aliphatic rings. The third-order valence-electron chi connectivity index (χ3n) is 6.03. The SMILES string of the molecule is c1cc2cc(-c3ccc(-c4cc(N5CCOCC5)nc(N5CCOCC5)n4)o3)ccc2[nH]1. The second-order valence-electron chi connectivity index (χ2n) is 8.05. The van der Waals surface area contributed by atoms with E-state index < -0.39 is 0 Å². The van der Waals surface area contributed by atoms with Gasteiger partial charge in [-0.25, -0.2) is 4.98 Å². The summed E-state index contributed by atoms with van der Waals surface area (Å²) in [6.45, 7) is 5.99. The van der Waals surface area contributed by atoms with Gasteiger partial charge >= 0.3 is 0 Å². The lowest BCUT2D eigenvalue weighted by atomic mass is 10.1. The van der Waals surface area contributed by atoms with Crippen molar-refractivity contribution in [2.45, 2.75) is 0 Å². The lowest BCUT2D eigenvalue weighted by Gasteiger charge is -2.31. The highest BCUT2D eigenvalue weighted by Gasteiger charge is 2.21. The van der Waals surface area contributed by atoms with Gasteiger partial charge in [-0.1, -0.05) is 0 Å². The fraction of sp³-hybridized carbons (Fsp3) is 0.333. The van der Waals surface area contributed by atoms with Crippen LogP contribution in [0.15, 0.2) is 53.1 Å². The average Bonchev–Trinajstić information content (AvgIpc) is 3.54. The second kappa shape index (κ2) is 8.29. The van der Waals surface area contributed by atoms with Gasteiger partial charge in [0, 0.05) is 54.9 Å². The van der Waals surface area contributed by atoms with Crippen LogP contribution in [0.5, 0.6) is 0 Å². The van der Waals surface area contributed by atoms with E-state index in [1.165, 1.54) is 0 Å². The second-order valence-corrected chi connectivity index (χ2v) is 8.05. The molecule has 0 atom stereocenters. The molecule has 4 aromatic rings. The molecule has 6 rings (SSSR count). The van der Waals surface area contributed by atoms with Crippen molar-refractivity contribution in [3.8, 4) is 22.8 Å². The Morgan fingerprint density at radius 2 is 1.50 bits per heavy atom. The topological polar surface area (TPSA) is 79.7 Å². The minimum absolute atomic E-state index is 0.688. The molecule has 0 spiro atoms. The molecule has 1 aromatic carbocycles. The molecule has 8 heteroatoms. The van der Waals surface area contributed by atoms with Crippen LogP contribution in [0.2, 0.25) is 0 Å². The van der Waals surface area contributed by atoms with Crippen molar-refractivity contribution in [3.05, 3.63) is 48.7 Å². The van der Waals surface area contributed by atoms with Crippen molar-refractivity contribution in [1.82, 2.24) is 15.0 Å². The summed E-state index contributed by atoms with van der Waals surface area (Å²) in [7, 11) is 0. The summed E-state index contributed by atoms with van der Waals surface area (Å²) in [5.41, 5.74) is 2.94. The molecule has 0 bridgehead atoms. The van der Waals surface area contributed by atoms with Gasteiger partial charge in [0.15, 0.2) is 5.76 Å². The largest absolute Gasteiger partial charge is 0.454 e. The molecule has 0 amide bonds. The maximum absolute atomic E-state index is 6.28. The van der Waals surface area contributed by atoms with Crippen LogP contribution in [0.4, 0.5) is 11.8 Å². The Labute approximate surface area is 185 Å². The van der Waals surface area contributed by atoms with Crippen LogP contribution >= 0.6 is 0 Å². The van der Waals surface area contributed by atoms with E-state index in [1.54, 1.807) is 0 Å². The molecule has 32 heavy (non-hydrogen) atoms. The van der Waals surface area contributed by atoms with Crippen molar-refractivity contribution in [3.63, 3.8) is 0 Å². The zero-order valence-corrected chi connectivity index (χ0v) is 17.8. The van der Waals surface area contributed by atoms with Crippen LogP contribution in [-0.2, 0) is 9.47 Å². The number of ether oxygens (including phenoxy) is 2. The number of morpholine rings is 2. The zero-order valence-electron chi connectivity index (χ0n) is 17.8. The first-order valence-electron chi connectivity index (χ1n) is 11.1. The molecular weight excluding hydrogens is 406 g/mol. The number of rotatable bonds is 4. The first-order valence-corrected chi connectivity index (χ1v) is 11.1. The van der Waals surface area contributed by atoms with E-state index in [-0.39, 0.29) is 0 Å². The number of anilines is 2. The summed E-state index contributed by atoms with van der Waals surface area (Å²) in [5.74, 6) is 3.19. The summed E-state index contributed by atoms with van der Waals surface area (Å²) in [5, 5.41) is 1.16. The van der Waals surface area contributed by atoms with E-state index in [9.17, 15) is 0 Å². The fourth-order valence-corrected chi connectivity index (χ4v) is 4.24. The van der Waals surface area contributed by atoms with Gasteiger partial charge < -0.3 is 28.7 Å². The molecule has 1 N–H and O–H groups in total. The Morgan fingerprint density at radius 1 is 0.750 bits per heavy atom. The fourth-order valence-electron chi connectivity index (χ4n) is 4.24. The van der Waals surface area contributed by atoms with E-state index in [4.69, 9.17) is 23.9 Å². The quantitative estimate of drug-likeness (QED) is 0.529. The van der Waals surface area contributed by atoms with Gasteiger partial charge in [0.25, 0.3) is 0 Å². The number of nitrogens with zero attached hydrogens (tertiary/aromatic N) is 4.